The van der Waals surface area contributed by atoms with Crippen LogP contribution in [0.2, 0.25) is 0 Å². The van der Waals surface area contributed by atoms with Gasteiger partial charge in [-0.3, -0.25) is 4.79 Å². The number of hydrogen-bond donors (Lipinski definition) is 1. The Bertz CT molecular complexity index is 765. The molecule has 0 radical (unpaired) electrons. The Morgan fingerprint density at radius 3 is 2.79 bits per heavy atom. The van der Waals surface area contributed by atoms with Crippen molar-refractivity contribution in [2.24, 2.45) is 5.92 Å². The Morgan fingerprint density at radius 2 is 2.00 bits per heavy atom. The molecule has 2 heterocycles. The van der Waals surface area contributed by atoms with Gasteiger partial charge in [-0.15, -0.1) is 0 Å². The van der Waals surface area contributed by atoms with Crippen LogP contribution in [-0.4, -0.2) is 35.5 Å². The van der Waals surface area contributed by atoms with Gasteiger partial charge in [0.2, 0.25) is 5.91 Å². The topological polar surface area (TPSA) is 58.1 Å². The number of hydrogen-bond acceptors (Lipinski definition) is 5. The molecule has 0 spiro atoms. The van der Waals surface area contributed by atoms with E-state index in [1.165, 1.54) is 12.0 Å². The van der Waals surface area contributed by atoms with Crippen LogP contribution in [0.1, 0.15) is 44.6 Å². The van der Waals surface area contributed by atoms with Crippen LogP contribution in [0.25, 0.3) is 0 Å². The number of aryl methyl sites for hydroxylation is 1. The van der Waals surface area contributed by atoms with Crippen LogP contribution in [-0.2, 0) is 4.79 Å². The predicted octanol–water partition coefficient (Wildman–Crippen LogP) is 4.46. The molecule has 1 N–H and O–H groups in total. The highest BCUT2D eigenvalue weighted by atomic mass is 32.2. The van der Waals surface area contributed by atoms with E-state index in [2.05, 4.69) is 58.3 Å². The Kier molecular flexibility index (Phi) is 7.71. The molecule has 6 heteroatoms. The van der Waals surface area contributed by atoms with E-state index in [0.29, 0.717) is 6.54 Å². The van der Waals surface area contributed by atoms with Gasteiger partial charge in [0, 0.05) is 36.9 Å². The van der Waals surface area contributed by atoms with Crippen molar-refractivity contribution >= 4 is 23.5 Å². The molecular weight excluding hydrogens is 368 g/mol. The fourth-order valence-electron chi connectivity index (χ4n) is 3.44. The van der Waals surface area contributed by atoms with Crippen LogP contribution in [0.15, 0.2) is 46.6 Å². The summed E-state index contributed by atoms with van der Waals surface area (Å²) in [5.41, 5.74) is 1.24. The molecule has 1 atom stereocenters. The summed E-state index contributed by atoms with van der Waals surface area (Å²) in [7, 11) is 0. The van der Waals surface area contributed by atoms with Crippen molar-refractivity contribution in [1.82, 2.24) is 15.3 Å². The van der Waals surface area contributed by atoms with Gasteiger partial charge in [-0.25, -0.2) is 9.97 Å². The lowest BCUT2D eigenvalue weighted by Crippen LogP contribution is -2.43. The molecule has 0 bridgehead atoms. The Balaban J connectivity index is 1.65. The smallest absolute Gasteiger partial charge is 0.224 e. The minimum Gasteiger partial charge on any atom is -0.356 e. The van der Waals surface area contributed by atoms with Crippen molar-refractivity contribution < 1.29 is 4.79 Å². The van der Waals surface area contributed by atoms with Crippen LogP contribution in [0, 0.1) is 12.8 Å². The summed E-state index contributed by atoms with van der Waals surface area (Å²) in [5, 5.41) is 4.01. The van der Waals surface area contributed by atoms with Crippen molar-refractivity contribution in [3.63, 3.8) is 0 Å². The molecule has 1 fully saturated rings. The lowest BCUT2D eigenvalue weighted by molar-refractivity contribution is -0.125. The van der Waals surface area contributed by atoms with Crippen LogP contribution in [0.3, 0.4) is 0 Å². The maximum atomic E-state index is 12.6. The van der Waals surface area contributed by atoms with Crippen molar-refractivity contribution in [2.75, 3.05) is 24.5 Å². The van der Waals surface area contributed by atoms with Gasteiger partial charge in [-0.05, 0) is 38.3 Å². The number of rotatable bonds is 8. The Morgan fingerprint density at radius 1 is 1.21 bits per heavy atom. The van der Waals surface area contributed by atoms with Crippen LogP contribution in [0.5, 0.6) is 0 Å². The first-order valence-corrected chi connectivity index (χ1v) is 11.1. The fourth-order valence-corrected chi connectivity index (χ4v) is 4.32. The average molecular weight is 399 g/mol. The molecule has 3 rings (SSSR count). The second-order valence-corrected chi connectivity index (χ2v) is 8.45. The summed E-state index contributed by atoms with van der Waals surface area (Å²) >= 11 is 1.63. The molecular formula is C22H30N4OS. The van der Waals surface area contributed by atoms with Crippen LogP contribution < -0.4 is 10.2 Å². The van der Waals surface area contributed by atoms with Gasteiger partial charge in [0.05, 0.1) is 5.92 Å². The zero-order chi connectivity index (χ0) is 19.8. The monoisotopic (exact) mass is 398 g/mol. The number of anilines is 1. The molecule has 1 aliphatic rings. The van der Waals surface area contributed by atoms with E-state index in [4.69, 9.17) is 0 Å². The number of benzene rings is 1. The lowest BCUT2D eigenvalue weighted by atomic mass is 9.97. The third kappa shape index (κ3) is 5.71. The minimum absolute atomic E-state index is 0.0228. The average Bonchev–Trinajstić information content (AvgIpc) is 2.73. The van der Waals surface area contributed by atoms with Crippen LogP contribution in [0.4, 0.5) is 5.82 Å². The predicted molar refractivity (Wildman–Crippen MR) is 115 cm³/mol. The van der Waals surface area contributed by atoms with Crippen LogP contribution >= 0.6 is 11.8 Å². The molecule has 28 heavy (non-hydrogen) atoms. The van der Waals surface area contributed by atoms with Gasteiger partial charge in [-0.1, -0.05) is 49.2 Å². The number of carbonyl (C=O) groups excluding carboxylic acids is 1. The quantitative estimate of drug-likeness (QED) is 0.665. The van der Waals surface area contributed by atoms with Crippen molar-refractivity contribution in [1.29, 1.82) is 0 Å². The number of nitrogens with zero attached hydrogens (tertiary/aromatic N) is 3. The molecule has 5 nitrogen and oxygen atoms in total. The molecule has 2 aromatic rings. The highest BCUT2D eigenvalue weighted by molar-refractivity contribution is 7.99. The first-order valence-electron chi connectivity index (χ1n) is 10.3. The summed E-state index contributed by atoms with van der Waals surface area (Å²) in [5.74, 6) is 1.09. The Hall–Kier alpha value is -2.08. The third-order valence-corrected chi connectivity index (χ3v) is 6.04. The molecule has 1 aromatic heterocycles. The van der Waals surface area contributed by atoms with Gasteiger partial charge in [0.1, 0.15) is 5.03 Å². The summed E-state index contributed by atoms with van der Waals surface area (Å²) in [6, 6.07) is 8.44. The highest BCUT2D eigenvalue weighted by Gasteiger charge is 2.28. The van der Waals surface area contributed by atoms with E-state index in [1.807, 2.05) is 0 Å². The molecule has 1 aliphatic heterocycles. The zero-order valence-corrected chi connectivity index (χ0v) is 17.7. The second kappa shape index (κ2) is 10.5. The maximum Gasteiger partial charge on any atom is 0.224 e. The van der Waals surface area contributed by atoms with E-state index in [0.717, 1.165) is 54.5 Å². The summed E-state index contributed by atoms with van der Waals surface area (Å²) in [4.78, 5) is 25.1. The molecule has 1 amide bonds. The first kappa shape index (κ1) is 20.6. The molecule has 0 aliphatic carbocycles. The molecule has 1 saturated heterocycles. The van der Waals surface area contributed by atoms with Crippen molar-refractivity contribution in [2.45, 2.75) is 55.9 Å². The third-order valence-electron chi connectivity index (χ3n) is 5.05. The van der Waals surface area contributed by atoms with E-state index in [9.17, 15) is 4.79 Å². The molecule has 0 unspecified atom stereocenters. The summed E-state index contributed by atoms with van der Waals surface area (Å²) in [6.45, 7) is 6.67. The maximum absolute atomic E-state index is 12.6. The number of carbonyl (C=O) groups is 1. The number of piperidine rings is 1. The second-order valence-electron chi connectivity index (χ2n) is 7.38. The molecule has 150 valence electrons. The SMILES string of the molecule is CCCCCNC(=O)[C@@H]1CCCN(c2nccnc2Sc2ccc(C)cc2)C1. The minimum atomic E-state index is 0.0228. The number of unbranched alkanes of at least 4 members (excludes halogenated alkanes) is 2. The van der Waals surface area contributed by atoms with Crippen molar-refractivity contribution in [3.05, 3.63) is 42.2 Å². The molecule has 0 saturated carbocycles. The standard InChI is InChI=1S/C22H30N4OS/c1-3-4-5-12-24-21(27)18-7-6-15-26(16-18)20-22(25-14-13-23-20)28-19-10-8-17(2)9-11-19/h8-11,13-14,18H,3-7,12,15-16H2,1-2H3,(H,24,27)/t18-/m1/s1. The summed E-state index contributed by atoms with van der Waals surface area (Å²) < 4.78 is 0. The van der Waals surface area contributed by atoms with Gasteiger partial charge >= 0.3 is 0 Å². The van der Waals surface area contributed by atoms with Gasteiger partial charge in [-0.2, -0.15) is 0 Å². The lowest BCUT2D eigenvalue weighted by Gasteiger charge is -2.33. The van der Waals surface area contributed by atoms with Gasteiger partial charge in [0.15, 0.2) is 5.82 Å². The normalized spacial score (nSPS) is 16.8. The van der Waals surface area contributed by atoms with Crippen molar-refractivity contribution in [3.8, 4) is 0 Å². The van der Waals surface area contributed by atoms with E-state index < -0.39 is 0 Å². The largest absolute Gasteiger partial charge is 0.356 e. The zero-order valence-electron chi connectivity index (χ0n) is 16.9. The highest BCUT2D eigenvalue weighted by Crippen LogP contribution is 2.34. The van der Waals surface area contributed by atoms with E-state index in [1.54, 1.807) is 24.2 Å². The molecule has 1 aromatic carbocycles. The first-order chi connectivity index (χ1) is 13.7. The van der Waals surface area contributed by atoms with Gasteiger partial charge in [0.25, 0.3) is 0 Å². The number of amides is 1. The number of nitrogens with one attached hydrogen (secondary N) is 1. The van der Waals surface area contributed by atoms with E-state index in [-0.39, 0.29) is 11.8 Å². The summed E-state index contributed by atoms with van der Waals surface area (Å²) in [6.07, 6.45) is 8.80. The number of aromatic nitrogens is 2. The van der Waals surface area contributed by atoms with Gasteiger partial charge < -0.3 is 10.2 Å². The fraction of sp³-hybridized carbons (Fsp3) is 0.500. The Labute approximate surface area is 172 Å². The van der Waals surface area contributed by atoms with E-state index >= 15 is 0 Å².